The van der Waals surface area contributed by atoms with E-state index in [1.54, 1.807) is 14.0 Å². The molecule has 72 valence electrons. The zero-order chi connectivity index (χ0) is 9.84. The van der Waals surface area contributed by atoms with Gasteiger partial charge in [-0.1, -0.05) is 0 Å². The molecule has 1 aromatic heterocycles. The summed E-state index contributed by atoms with van der Waals surface area (Å²) in [5.74, 6) is 0. The molecule has 0 saturated heterocycles. The van der Waals surface area contributed by atoms with Gasteiger partial charge < -0.3 is 4.74 Å². The van der Waals surface area contributed by atoms with E-state index in [9.17, 15) is 4.79 Å². The predicted molar refractivity (Wildman–Crippen MR) is 52.3 cm³/mol. The maximum atomic E-state index is 11.2. The third-order valence-electron chi connectivity index (χ3n) is 1.44. The van der Waals surface area contributed by atoms with Crippen LogP contribution in [0.15, 0.2) is 5.38 Å². The normalized spacial score (nSPS) is 9.77. The highest BCUT2D eigenvalue weighted by atomic mass is 32.1. The number of amides is 1. The van der Waals surface area contributed by atoms with Crippen LogP contribution < -0.4 is 4.90 Å². The van der Waals surface area contributed by atoms with Gasteiger partial charge >= 0.3 is 6.09 Å². The Kier molecular flexibility index (Phi) is 3.25. The number of hydrogen-bond acceptors (Lipinski definition) is 4. The lowest BCUT2D eigenvalue weighted by molar-refractivity contribution is 0.161. The van der Waals surface area contributed by atoms with Crippen LogP contribution in [0.5, 0.6) is 0 Å². The molecule has 0 aromatic carbocycles. The molecule has 13 heavy (non-hydrogen) atoms. The van der Waals surface area contributed by atoms with Crippen LogP contribution in [0.3, 0.4) is 0 Å². The monoisotopic (exact) mass is 200 g/mol. The van der Waals surface area contributed by atoms with Crippen molar-refractivity contribution in [1.29, 1.82) is 0 Å². The van der Waals surface area contributed by atoms with E-state index in [2.05, 4.69) is 4.98 Å². The van der Waals surface area contributed by atoms with Crippen LogP contribution in [0, 0.1) is 6.92 Å². The minimum Gasteiger partial charge on any atom is -0.449 e. The number of rotatable bonds is 2. The molecule has 1 rings (SSSR count). The van der Waals surface area contributed by atoms with Gasteiger partial charge in [0, 0.05) is 12.4 Å². The van der Waals surface area contributed by atoms with Crippen LogP contribution in [-0.4, -0.2) is 24.7 Å². The number of aromatic nitrogens is 1. The molecule has 0 bridgehead atoms. The van der Waals surface area contributed by atoms with E-state index in [1.165, 1.54) is 16.2 Å². The van der Waals surface area contributed by atoms with Crippen molar-refractivity contribution in [3.63, 3.8) is 0 Å². The molecule has 0 saturated carbocycles. The summed E-state index contributed by atoms with van der Waals surface area (Å²) in [5, 5.41) is 2.56. The molecule has 0 aliphatic heterocycles. The van der Waals surface area contributed by atoms with Gasteiger partial charge in [0.1, 0.15) is 0 Å². The molecule has 1 amide bonds. The maximum Gasteiger partial charge on any atom is 0.415 e. The number of hydrogen-bond donors (Lipinski definition) is 0. The topological polar surface area (TPSA) is 42.4 Å². The molecular formula is C8H12N2O2S. The molecule has 0 aliphatic rings. The van der Waals surface area contributed by atoms with Gasteiger partial charge in [0.25, 0.3) is 0 Å². The SMILES string of the molecule is CCOC(=O)N(C)c1nc(C)cs1. The van der Waals surface area contributed by atoms with Crippen LogP contribution in [-0.2, 0) is 4.74 Å². The van der Waals surface area contributed by atoms with Crippen molar-refractivity contribution in [2.75, 3.05) is 18.6 Å². The smallest absolute Gasteiger partial charge is 0.415 e. The third-order valence-corrected chi connectivity index (χ3v) is 2.47. The Hall–Kier alpha value is -1.10. The highest BCUT2D eigenvalue weighted by molar-refractivity contribution is 7.13. The van der Waals surface area contributed by atoms with Crippen molar-refractivity contribution >= 4 is 22.6 Å². The second-order valence-corrected chi connectivity index (χ2v) is 3.37. The summed E-state index contributed by atoms with van der Waals surface area (Å²) < 4.78 is 4.82. The van der Waals surface area contributed by atoms with Gasteiger partial charge in [-0.2, -0.15) is 0 Å². The van der Waals surface area contributed by atoms with Gasteiger partial charge in [0.05, 0.1) is 12.3 Å². The van der Waals surface area contributed by atoms with Crippen molar-refractivity contribution in [2.24, 2.45) is 0 Å². The molecule has 1 aromatic rings. The Morgan fingerprint density at radius 1 is 1.77 bits per heavy atom. The van der Waals surface area contributed by atoms with Gasteiger partial charge in [-0.15, -0.1) is 11.3 Å². The Labute approximate surface area is 81.2 Å². The summed E-state index contributed by atoms with van der Waals surface area (Å²) in [5.41, 5.74) is 0.913. The van der Waals surface area contributed by atoms with Gasteiger partial charge in [-0.25, -0.2) is 9.78 Å². The fourth-order valence-electron chi connectivity index (χ4n) is 0.794. The zero-order valence-corrected chi connectivity index (χ0v) is 8.72. The zero-order valence-electron chi connectivity index (χ0n) is 7.90. The largest absolute Gasteiger partial charge is 0.449 e. The van der Waals surface area contributed by atoms with E-state index in [0.29, 0.717) is 11.7 Å². The summed E-state index contributed by atoms with van der Waals surface area (Å²) in [6.07, 6.45) is -0.364. The molecular weight excluding hydrogens is 188 g/mol. The fraction of sp³-hybridized carbons (Fsp3) is 0.500. The summed E-state index contributed by atoms with van der Waals surface area (Å²) in [6, 6.07) is 0. The first-order valence-corrected chi connectivity index (χ1v) is 4.85. The van der Waals surface area contributed by atoms with Crippen molar-refractivity contribution in [3.8, 4) is 0 Å². The van der Waals surface area contributed by atoms with Crippen LogP contribution in [0.4, 0.5) is 9.93 Å². The number of carbonyl (C=O) groups is 1. The van der Waals surface area contributed by atoms with Crippen LogP contribution in [0.2, 0.25) is 0 Å². The lowest BCUT2D eigenvalue weighted by Crippen LogP contribution is -2.26. The van der Waals surface area contributed by atoms with E-state index >= 15 is 0 Å². The Bertz CT molecular complexity index is 298. The third kappa shape index (κ3) is 2.42. The highest BCUT2D eigenvalue weighted by Gasteiger charge is 2.13. The maximum absolute atomic E-state index is 11.2. The summed E-state index contributed by atoms with van der Waals surface area (Å²) >= 11 is 1.43. The van der Waals surface area contributed by atoms with Crippen molar-refractivity contribution in [3.05, 3.63) is 11.1 Å². The lowest BCUT2D eigenvalue weighted by Gasteiger charge is -2.12. The number of anilines is 1. The Balaban J connectivity index is 2.67. The standard InChI is InChI=1S/C8H12N2O2S/c1-4-12-8(11)10(3)7-9-6(2)5-13-7/h5H,4H2,1-3H3. The van der Waals surface area contributed by atoms with Gasteiger partial charge in [-0.05, 0) is 13.8 Å². The Morgan fingerprint density at radius 2 is 2.46 bits per heavy atom. The number of thiazole rings is 1. The van der Waals surface area contributed by atoms with Gasteiger partial charge in [0.15, 0.2) is 5.13 Å². The van der Waals surface area contributed by atoms with Crippen molar-refractivity contribution in [2.45, 2.75) is 13.8 Å². The first-order chi connectivity index (χ1) is 6.15. The van der Waals surface area contributed by atoms with Crippen LogP contribution in [0.1, 0.15) is 12.6 Å². The molecule has 5 heteroatoms. The van der Waals surface area contributed by atoms with E-state index in [4.69, 9.17) is 4.74 Å². The molecule has 4 nitrogen and oxygen atoms in total. The molecule has 0 unspecified atom stereocenters. The fourth-order valence-corrected chi connectivity index (χ4v) is 1.55. The molecule has 0 spiro atoms. The minimum absolute atomic E-state index is 0.364. The second-order valence-electron chi connectivity index (χ2n) is 2.53. The van der Waals surface area contributed by atoms with Crippen molar-refractivity contribution < 1.29 is 9.53 Å². The highest BCUT2D eigenvalue weighted by Crippen LogP contribution is 2.18. The molecule has 1 heterocycles. The van der Waals surface area contributed by atoms with E-state index in [1.807, 2.05) is 12.3 Å². The van der Waals surface area contributed by atoms with Crippen LogP contribution in [0.25, 0.3) is 0 Å². The number of nitrogens with zero attached hydrogens (tertiary/aromatic N) is 2. The van der Waals surface area contributed by atoms with E-state index < -0.39 is 0 Å². The number of aryl methyl sites for hydroxylation is 1. The summed E-state index contributed by atoms with van der Waals surface area (Å²) in [6.45, 7) is 4.05. The molecule has 0 N–H and O–H groups in total. The first kappa shape index (κ1) is 9.98. The van der Waals surface area contributed by atoms with Crippen LogP contribution >= 0.6 is 11.3 Å². The number of ether oxygens (including phenoxy) is 1. The average Bonchev–Trinajstić information content (AvgIpc) is 2.51. The van der Waals surface area contributed by atoms with Gasteiger partial charge in [-0.3, -0.25) is 4.90 Å². The molecule has 0 fully saturated rings. The predicted octanol–water partition coefficient (Wildman–Crippen LogP) is 2.04. The second kappa shape index (κ2) is 4.23. The molecule has 0 atom stereocenters. The van der Waals surface area contributed by atoms with Gasteiger partial charge in [0.2, 0.25) is 0 Å². The molecule has 0 radical (unpaired) electrons. The van der Waals surface area contributed by atoms with E-state index in [-0.39, 0.29) is 6.09 Å². The minimum atomic E-state index is -0.364. The lowest BCUT2D eigenvalue weighted by atomic mass is 10.6. The Morgan fingerprint density at radius 3 is 2.92 bits per heavy atom. The quantitative estimate of drug-likeness (QED) is 0.733. The summed E-state index contributed by atoms with van der Waals surface area (Å²) in [7, 11) is 1.65. The van der Waals surface area contributed by atoms with E-state index in [0.717, 1.165) is 5.69 Å². The van der Waals surface area contributed by atoms with Crippen molar-refractivity contribution in [1.82, 2.24) is 4.98 Å². The first-order valence-electron chi connectivity index (χ1n) is 3.97. The molecule has 0 aliphatic carbocycles. The number of carbonyl (C=O) groups excluding carboxylic acids is 1. The average molecular weight is 200 g/mol. The summed E-state index contributed by atoms with van der Waals surface area (Å²) in [4.78, 5) is 16.8.